The lowest BCUT2D eigenvalue weighted by Gasteiger charge is -2.12. The van der Waals surface area contributed by atoms with Gasteiger partial charge in [0.25, 0.3) is 0 Å². The molecule has 1 rings (SSSR count). The van der Waals surface area contributed by atoms with Gasteiger partial charge in [0.05, 0.1) is 6.61 Å². The summed E-state index contributed by atoms with van der Waals surface area (Å²) in [5.41, 5.74) is 1.09. The van der Waals surface area contributed by atoms with Gasteiger partial charge in [-0.3, -0.25) is 0 Å². The largest absolute Gasteiger partial charge is 0.493 e. The summed E-state index contributed by atoms with van der Waals surface area (Å²) in [6.07, 6.45) is 7.18. The van der Waals surface area contributed by atoms with Gasteiger partial charge in [-0.25, -0.2) is 0 Å². The number of hydrogen-bond acceptors (Lipinski definition) is 1. The van der Waals surface area contributed by atoms with Crippen LogP contribution in [0.1, 0.15) is 25.8 Å². The van der Waals surface area contributed by atoms with Gasteiger partial charge in [-0.05, 0) is 36.6 Å². The molecule has 0 saturated carbocycles. The van der Waals surface area contributed by atoms with E-state index in [1.165, 1.54) is 0 Å². The van der Waals surface area contributed by atoms with Crippen LogP contribution in [0.3, 0.4) is 0 Å². The Hall–Kier alpha value is -1.13. The standard InChI is InChI=1S/C14H17ClO/c1-4-8-16-14-7-6-13(15)10-12(14)9-11(3)5-2/h2,6-7,10-11H,4,8-9H2,1,3H3. The number of ether oxygens (including phenoxy) is 1. The van der Waals surface area contributed by atoms with Crippen LogP contribution in [-0.2, 0) is 6.42 Å². The molecule has 0 saturated heterocycles. The van der Waals surface area contributed by atoms with E-state index in [-0.39, 0.29) is 5.92 Å². The van der Waals surface area contributed by atoms with Gasteiger partial charge in [-0.2, -0.15) is 0 Å². The van der Waals surface area contributed by atoms with Crippen LogP contribution in [0.15, 0.2) is 18.2 Å². The fourth-order valence-electron chi connectivity index (χ4n) is 1.45. The Morgan fingerprint density at radius 3 is 2.88 bits per heavy atom. The Labute approximate surface area is 103 Å². The van der Waals surface area contributed by atoms with Crippen molar-refractivity contribution in [3.8, 4) is 18.1 Å². The third-order valence-corrected chi connectivity index (χ3v) is 2.53. The van der Waals surface area contributed by atoms with Gasteiger partial charge in [-0.1, -0.05) is 25.4 Å². The smallest absolute Gasteiger partial charge is 0.122 e. The molecule has 0 fully saturated rings. The molecular weight excluding hydrogens is 220 g/mol. The highest BCUT2D eigenvalue weighted by molar-refractivity contribution is 6.30. The Balaban J connectivity index is 2.85. The molecule has 0 spiro atoms. The van der Waals surface area contributed by atoms with Crippen LogP contribution in [0.4, 0.5) is 0 Å². The van der Waals surface area contributed by atoms with Crippen LogP contribution in [0.5, 0.6) is 5.75 Å². The third-order valence-electron chi connectivity index (χ3n) is 2.29. The lowest BCUT2D eigenvalue weighted by molar-refractivity contribution is 0.313. The fourth-order valence-corrected chi connectivity index (χ4v) is 1.64. The topological polar surface area (TPSA) is 9.23 Å². The van der Waals surface area contributed by atoms with E-state index in [0.29, 0.717) is 0 Å². The summed E-state index contributed by atoms with van der Waals surface area (Å²) < 4.78 is 5.66. The summed E-state index contributed by atoms with van der Waals surface area (Å²) in [6, 6.07) is 5.69. The van der Waals surface area contributed by atoms with Crippen molar-refractivity contribution >= 4 is 11.6 Å². The van der Waals surface area contributed by atoms with E-state index < -0.39 is 0 Å². The first-order valence-corrected chi connectivity index (χ1v) is 5.92. The Bertz CT molecular complexity index is 379. The Kier molecular flexibility index (Phi) is 5.22. The Morgan fingerprint density at radius 2 is 2.25 bits per heavy atom. The van der Waals surface area contributed by atoms with Gasteiger partial charge in [0.2, 0.25) is 0 Å². The second-order valence-electron chi connectivity index (χ2n) is 3.87. The minimum atomic E-state index is 0.197. The molecule has 0 aliphatic carbocycles. The molecule has 0 radical (unpaired) electrons. The monoisotopic (exact) mass is 236 g/mol. The lowest BCUT2D eigenvalue weighted by atomic mass is 10.0. The third kappa shape index (κ3) is 3.79. The maximum atomic E-state index is 5.97. The average molecular weight is 237 g/mol. The van der Waals surface area contributed by atoms with Crippen LogP contribution in [0.25, 0.3) is 0 Å². The maximum Gasteiger partial charge on any atom is 0.122 e. The fraction of sp³-hybridized carbons (Fsp3) is 0.429. The van der Waals surface area contributed by atoms with Crippen molar-refractivity contribution in [2.45, 2.75) is 26.7 Å². The molecule has 0 amide bonds. The van der Waals surface area contributed by atoms with E-state index in [1.807, 2.05) is 25.1 Å². The minimum absolute atomic E-state index is 0.197. The number of hydrogen-bond donors (Lipinski definition) is 0. The molecule has 0 heterocycles. The molecule has 86 valence electrons. The van der Waals surface area contributed by atoms with E-state index in [9.17, 15) is 0 Å². The molecule has 1 atom stereocenters. The second kappa shape index (κ2) is 6.45. The predicted molar refractivity (Wildman–Crippen MR) is 68.9 cm³/mol. The van der Waals surface area contributed by atoms with E-state index in [2.05, 4.69) is 12.8 Å². The first kappa shape index (κ1) is 12.9. The summed E-state index contributed by atoms with van der Waals surface area (Å²) in [6.45, 7) is 4.82. The second-order valence-corrected chi connectivity index (χ2v) is 4.31. The molecule has 1 nitrogen and oxygen atoms in total. The predicted octanol–water partition coefficient (Wildman–Crippen LogP) is 3.94. The number of rotatable bonds is 5. The molecule has 0 N–H and O–H groups in total. The van der Waals surface area contributed by atoms with Gasteiger partial charge in [0.1, 0.15) is 5.75 Å². The van der Waals surface area contributed by atoms with E-state index in [4.69, 9.17) is 22.8 Å². The summed E-state index contributed by atoms with van der Waals surface area (Å²) >= 11 is 5.97. The van der Waals surface area contributed by atoms with Crippen molar-refractivity contribution in [1.82, 2.24) is 0 Å². The highest BCUT2D eigenvalue weighted by Crippen LogP contribution is 2.25. The zero-order valence-electron chi connectivity index (χ0n) is 9.79. The summed E-state index contributed by atoms with van der Waals surface area (Å²) in [4.78, 5) is 0. The Morgan fingerprint density at radius 1 is 1.50 bits per heavy atom. The van der Waals surface area contributed by atoms with Gasteiger partial charge in [0.15, 0.2) is 0 Å². The van der Waals surface area contributed by atoms with Crippen molar-refractivity contribution in [3.63, 3.8) is 0 Å². The molecule has 1 aromatic carbocycles. The van der Waals surface area contributed by atoms with Gasteiger partial charge in [0, 0.05) is 10.9 Å². The highest BCUT2D eigenvalue weighted by Gasteiger charge is 2.07. The lowest BCUT2D eigenvalue weighted by Crippen LogP contribution is -2.02. The van der Waals surface area contributed by atoms with Gasteiger partial charge < -0.3 is 4.74 Å². The van der Waals surface area contributed by atoms with Crippen molar-refractivity contribution in [2.24, 2.45) is 5.92 Å². The molecule has 2 heteroatoms. The molecule has 0 aromatic heterocycles. The van der Waals surface area contributed by atoms with Crippen molar-refractivity contribution in [2.75, 3.05) is 6.61 Å². The maximum absolute atomic E-state index is 5.97. The van der Waals surface area contributed by atoms with Crippen molar-refractivity contribution in [3.05, 3.63) is 28.8 Å². The average Bonchev–Trinajstić information content (AvgIpc) is 2.28. The molecule has 0 aliphatic heterocycles. The first-order chi connectivity index (χ1) is 7.67. The number of benzene rings is 1. The summed E-state index contributed by atoms with van der Waals surface area (Å²) in [5, 5.41) is 0.725. The molecule has 1 unspecified atom stereocenters. The van der Waals surface area contributed by atoms with E-state index >= 15 is 0 Å². The van der Waals surface area contributed by atoms with Crippen molar-refractivity contribution < 1.29 is 4.74 Å². The minimum Gasteiger partial charge on any atom is -0.493 e. The van der Waals surface area contributed by atoms with Crippen molar-refractivity contribution in [1.29, 1.82) is 0 Å². The molecular formula is C14H17ClO. The van der Waals surface area contributed by atoms with Crippen LogP contribution >= 0.6 is 11.6 Å². The zero-order chi connectivity index (χ0) is 12.0. The van der Waals surface area contributed by atoms with Crippen LogP contribution in [-0.4, -0.2) is 6.61 Å². The highest BCUT2D eigenvalue weighted by atomic mass is 35.5. The first-order valence-electron chi connectivity index (χ1n) is 5.54. The van der Waals surface area contributed by atoms with E-state index in [0.717, 1.165) is 35.8 Å². The molecule has 0 aliphatic rings. The quantitative estimate of drug-likeness (QED) is 0.704. The van der Waals surface area contributed by atoms with E-state index in [1.54, 1.807) is 0 Å². The summed E-state index contributed by atoms with van der Waals surface area (Å²) in [5.74, 6) is 3.81. The van der Waals surface area contributed by atoms with Gasteiger partial charge in [-0.15, -0.1) is 12.3 Å². The summed E-state index contributed by atoms with van der Waals surface area (Å²) in [7, 11) is 0. The van der Waals surface area contributed by atoms with Crippen LogP contribution < -0.4 is 4.74 Å². The molecule has 1 aromatic rings. The number of halogens is 1. The SMILES string of the molecule is C#CC(C)Cc1cc(Cl)ccc1OCCC. The van der Waals surface area contributed by atoms with Crippen LogP contribution in [0, 0.1) is 18.3 Å². The molecule has 16 heavy (non-hydrogen) atoms. The normalized spacial score (nSPS) is 11.9. The van der Waals surface area contributed by atoms with Gasteiger partial charge >= 0.3 is 0 Å². The zero-order valence-corrected chi connectivity index (χ0v) is 10.6. The van der Waals surface area contributed by atoms with Crippen LogP contribution in [0.2, 0.25) is 5.02 Å². The molecule has 0 bridgehead atoms. The number of terminal acetylenes is 1.